The number of rotatable bonds is 8. The molecule has 0 saturated heterocycles. The number of ether oxygens (including phenoxy) is 2. The van der Waals surface area contributed by atoms with E-state index in [1.54, 1.807) is 62.4 Å². The van der Waals surface area contributed by atoms with Crippen LogP contribution in [-0.2, 0) is 9.47 Å². The Morgan fingerprint density at radius 3 is 1.50 bits per heavy atom. The van der Waals surface area contributed by atoms with Gasteiger partial charge in [0.1, 0.15) is 5.69 Å². The van der Waals surface area contributed by atoms with Crippen molar-refractivity contribution >= 4 is 35.1 Å². The largest absolute Gasteiger partial charge is 0.462 e. The fourth-order valence-electron chi connectivity index (χ4n) is 2.87. The number of aromatic nitrogens is 1. The number of anilines is 2. The predicted molar refractivity (Wildman–Crippen MR) is 125 cm³/mol. The second-order valence-corrected chi connectivity index (χ2v) is 6.94. The first-order chi connectivity index (χ1) is 16.4. The second-order valence-electron chi connectivity index (χ2n) is 6.94. The summed E-state index contributed by atoms with van der Waals surface area (Å²) in [6, 6.07) is 15.5. The summed E-state index contributed by atoms with van der Waals surface area (Å²) in [4.78, 5) is 52.4. The Balaban J connectivity index is 1.58. The van der Waals surface area contributed by atoms with E-state index in [1.807, 2.05) is 0 Å². The van der Waals surface area contributed by atoms with Crippen LogP contribution in [0.1, 0.15) is 55.4 Å². The molecular formula is C25H23N3O6. The van der Waals surface area contributed by atoms with Crippen LogP contribution in [0.2, 0.25) is 0 Å². The minimum Gasteiger partial charge on any atom is -0.462 e. The van der Waals surface area contributed by atoms with Crippen LogP contribution in [0.5, 0.6) is 0 Å². The van der Waals surface area contributed by atoms with Gasteiger partial charge in [0, 0.05) is 17.6 Å². The molecule has 0 unspecified atom stereocenters. The van der Waals surface area contributed by atoms with Crippen molar-refractivity contribution in [1.82, 2.24) is 4.98 Å². The van der Waals surface area contributed by atoms with Gasteiger partial charge in [0.05, 0.1) is 29.9 Å². The van der Waals surface area contributed by atoms with Crippen LogP contribution in [-0.4, -0.2) is 42.0 Å². The van der Waals surface area contributed by atoms with Crippen molar-refractivity contribution in [2.45, 2.75) is 13.8 Å². The first-order valence-corrected chi connectivity index (χ1v) is 10.5. The van der Waals surface area contributed by atoms with Crippen LogP contribution >= 0.6 is 0 Å². The Labute approximate surface area is 196 Å². The van der Waals surface area contributed by atoms with E-state index in [0.29, 0.717) is 22.5 Å². The third-order valence-corrected chi connectivity index (χ3v) is 4.57. The Morgan fingerprint density at radius 1 is 0.647 bits per heavy atom. The molecule has 0 aliphatic carbocycles. The number of carbonyl (C=O) groups excluding carboxylic acids is 4. The molecule has 3 aromatic rings. The van der Waals surface area contributed by atoms with Gasteiger partial charge < -0.3 is 20.1 Å². The third kappa shape index (κ3) is 6.26. The van der Waals surface area contributed by atoms with Gasteiger partial charge in [-0.25, -0.2) is 9.59 Å². The first kappa shape index (κ1) is 24.1. The van der Waals surface area contributed by atoms with Crippen molar-refractivity contribution in [1.29, 1.82) is 0 Å². The molecule has 1 heterocycles. The van der Waals surface area contributed by atoms with Gasteiger partial charge in [-0.15, -0.1) is 0 Å². The summed E-state index contributed by atoms with van der Waals surface area (Å²) in [7, 11) is 0. The molecule has 2 amide bonds. The van der Waals surface area contributed by atoms with Crippen LogP contribution in [0.25, 0.3) is 0 Å². The quantitative estimate of drug-likeness (QED) is 0.487. The average Bonchev–Trinajstić information content (AvgIpc) is 2.85. The van der Waals surface area contributed by atoms with Gasteiger partial charge in [-0.1, -0.05) is 0 Å². The van der Waals surface area contributed by atoms with Crippen molar-refractivity contribution in [3.8, 4) is 0 Å². The highest BCUT2D eigenvalue weighted by atomic mass is 16.5. The standard InChI is InChI=1S/C25H23N3O6/c1-3-33-24(31)16-5-10-19(11-6-16)27-22(29)18-9-14-21(26-15-18)23(30)28-20-12-7-17(8-13-20)25(32)34-4-2/h5-15H,3-4H2,1-2H3,(H,27,29)(H,28,30). The van der Waals surface area contributed by atoms with E-state index in [2.05, 4.69) is 15.6 Å². The van der Waals surface area contributed by atoms with E-state index in [9.17, 15) is 19.2 Å². The lowest BCUT2D eigenvalue weighted by Gasteiger charge is -2.08. The van der Waals surface area contributed by atoms with E-state index < -0.39 is 23.8 Å². The highest BCUT2D eigenvalue weighted by molar-refractivity contribution is 6.06. The van der Waals surface area contributed by atoms with E-state index in [0.717, 1.165) is 0 Å². The molecule has 2 N–H and O–H groups in total. The summed E-state index contributed by atoms with van der Waals surface area (Å²) in [5.74, 6) is -1.76. The van der Waals surface area contributed by atoms with Crippen molar-refractivity contribution < 1.29 is 28.7 Å². The Morgan fingerprint density at radius 2 is 1.09 bits per heavy atom. The SMILES string of the molecule is CCOC(=O)c1ccc(NC(=O)c2ccc(C(=O)Nc3ccc(C(=O)OCC)cc3)nc2)cc1. The van der Waals surface area contributed by atoms with E-state index in [1.165, 1.54) is 18.3 Å². The lowest BCUT2D eigenvalue weighted by molar-refractivity contribution is 0.0517. The van der Waals surface area contributed by atoms with E-state index >= 15 is 0 Å². The van der Waals surface area contributed by atoms with Gasteiger partial charge in [0.25, 0.3) is 11.8 Å². The van der Waals surface area contributed by atoms with E-state index in [4.69, 9.17) is 9.47 Å². The minimum atomic E-state index is -0.467. The molecule has 2 aromatic carbocycles. The van der Waals surface area contributed by atoms with Gasteiger partial charge in [0.15, 0.2) is 0 Å². The van der Waals surface area contributed by atoms with E-state index in [-0.39, 0.29) is 24.5 Å². The molecular weight excluding hydrogens is 438 g/mol. The summed E-state index contributed by atoms with van der Waals surface area (Å²) >= 11 is 0. The summed E-state index contributed by atoms with van der Waals surface area (Å²) in [5, 5.41) is 5.38. The number of amides is 2. The zero-order valence-electron chi connectivity index (χ0n) is 18.7. The van der Waals surface area contributed by atoms with Crippen molar-refractivity contribution in [2.75, 3.05) is 23.8 Å². The molecule has 3 rings (SSSR count). The molecule has 0 aliphatic heterocycles. The summed E-state index contributed by atoms with van der Waals surface area (Å²) < 4.78 is 9.85. The Hall–Kier alpha value is -4.53. The number of hydrogen-bond donors (Lipinski definition) is 2. The van der Waals surface area contributed by atoms with Gasteiger partial charge in [-0.2, -0.15) is 0 Å². The second kappa shape index (κ2) is 11.4. The number of nitrogens with one attached hydrogen (secondary N) is 2. The molecule has 0 spiro atoms. The molecule has 0 atom stereocenters. The maximum Gasteiger partial charge on any atom is 0.338 e. The maximum absolute atomic E-state index is 12.5. The van der Waals surface area contributed by atoms with Crippen LogP contribution < -0.4 is 10.6 Å². The van der Waals surface area contributed by atoms with Crippen molar-refractivity contribution in [3.05, 3.63) is 89.2 Å². The number of nitrogens with zero attached hydrogens (tertiary/aromatic N) is 1. The van der Waals surface area contributed by atoms with Crippen molar-refractivity contribution in [3.63, 3.8) is 0 Å². The number of carbonyl (C=O) groups is 4. The summed E-state index contributed by atoms with van der Waals surface area (Å²) in [6.07, 6.45) is 1.29. The topological polar surface area (TPSA) is 124 Å². The average molecular weight is 461 g/mol. The van der Waals surface area contributed by atoms with Crippen molar-refractivity contribution in [2.24, 2.45) is 0 Å². The number of hydrogen-bond acceptors (Lipinski definition) is 7. The zero-order chi connectivity index (χ0) is 24.5. The number of benzene rings is 2. The predicted octanol–water partition coefficient (Wildman–Crippen LogP) is 3.94. The first-order valence-electron chi connectivity index (χ1n) is 10.5. The van der Waals surface area contributed by atoms with Gasteiger partial charge in [0.2, 0.25) is 0 Å². The molecule has 0 fully saturated rings. The van der Waals surface area contributed by atoms with Crippen LogP contribution in [0.15, 0.2) is 66.9 Å². The Kier molecular flexibility index (Phi) is 8.07. The fraction of sp³-hybridized carbons (Fsp3) is 0.160. The Bertz CT molecular complexity index is 1080. The molecule has 0 bridgehead atoms. The molecule has 9 nitrogen and oxygen atoms in total. The van der Waals surface area contributed by atoms with Gasteiger partial charge in [-0.3, -0.25) is 14.6 Å². The summed E-state index contributed by atoms with van der Waals surface area (Å²) in [5.41, 5.74) is 2.10. The molecule has 174 valence electrons. The number of pyridine rings is 1. The van der Waals surface area contributed by atoms with Gasteiger partial charge >= 0.3 is 11.9 Å². The normalized spacial score (nSPS) is 10.2. The summed E-state index contributed by atoms with van der Waals surface area (Å²) in [6.45, 7) is 4.00. The number of esters is 2. The molecule has 0 saturated carbocycles. The van der Waals surface area contributed by atoms with Crippen LogP contribution in [0, 0.1) is 0 Å². The fourth-order valence-corrected chi connectivity index (χ4v) is 2.87. The maximum atomic E-state index is 12.5. The lowest BCUT2D eigenvalue weighted by Crippen LogP contribution is -2.16. The van der Waals surface area contributed by atoms with Crippen LogP contribution in [0.3, 0.4) is 0 Å². The van der Waals surface area contributed by atoms with Gasteiger partial charge in [-0.05, 0) is 74.5 Å². The highest BCUT2D eigenvalue weighted by Crippen LogP contribution is 2.14. The molecule has 0 aliphatic rings. The smallest absolute Gasteiger partial charge is 0.338 e. The minimum absolute atomic E-state index is 0.116. The highest BCUT2D eigenvalue weighted by Gasteiger charge is 2.13. The van der Waals surface area contributed by atoms with Crippen LogP contribution in [0.4, 0.5) is 11.4 Å². The lowest BCUT2D eigenvalue weighted by atomic mass is 10.2. The molecule has 0 radical (unpaired) electrons. The molecule has 34 heavy (non-hydrogen) atoms. The third-order valence-electron chi connectivity index (χ3n) is 4.57. The zero-order valence-corrected chi connectivity index (χ0v) is 18.7. The molecule has 1 aromatic heterocycles. The molecule has 9 heteroatoms. The monoisotopic (exact) mass is 461 g/mol.